The smallest absolute Gasteiger partial charge is 0.193 e. The Hall–Kier alpha value is -0.890. The second-order valence-electron chi connectivity index (χ2n) is 6.85. The molecule has 0 bridgehead atoms. The monoisotopic (exact) mass is 444 g/mol. The molecule has 0 aliphatic carbocycles. The number of aryl methyl sites for hydroxylation is 1. The van der Waals surface area contributed by atoms with Crippen LogP contribution in [0, 0.1) is 12.3 Å². The van der Waals surface area contributed by atoms with Crippen LogP contribution in [-0.2, 0) is 11.3 Å². The molecule has 24 heavy (non-hydrogen) atoms. The van der Waals surface area contributed by atoms with E-state index in [-0.39, 0.29) is 24.0 Å². The number of nitrogens with one attached hydrogen (secondary N) is 1. The zero-order chi connectivity index (χ0) is 16.1. The summed E-state index contributed by atoms with van der Waals surface area (Å²) in [7, 11) is 1.87. The molecule has 0 radical (unpaired) electrons. The van der Waals surface area contributed by atoms with E-state index in [2.05, 4.69) is 33.2 Å². The average molecular weight is 444 g/mol. The number of halogens is 1. The second kappa shape index (κ2) is 8.99. The van der Waals surface area contributed by atoms with Crippen LogP contribution in [0.2, 0.25) is 0 Å². The van der Waals surface area contributed by atoms with Gasteiger partial charge in [-0.05, 0) is 44.2 Å². The van der Waals surface area contributed by atoms with E-state index in [0.29, 0.717) is 5.41 Å². The topological polar surface area (TPSA) is 49.8 Å². The maximum absolute atomic E-state index is 5.77. The van der Waals surface area contributed by atoms with Crippen LogP contribution in [-0.4, -0.2) is 49.2 Å². The number of pyridine rings is 1. The fraction of sp³-hybridized carbons (Fsp3) is 0.667. The number of piperidine rings is 1. The van der Waals surface area contributed by atoms with Crippen molar-refractivity contribution in [2.24, 2.45) is 10.4 Å². The number of hydrogen-bond donors (Lipinski definition) is 1. The van der Waals surface area contributed by atoms with E-state index < -0.39 is 0 Å². The summed E-state index contributed by atoms with van der Waals surface area (Å²) in [6.07, 6.45) is 6.81. The Morgan fingerprint density at radius 1 is 1.42 bits per heavy atom. The van der Waals surface area contributed by atoms with Gasteiger partial charge >= 0.3 is 0 Å². The minimum absolute atomic E-state index is 0. The molecule has 0 amide bonds. The average Bonchev–Trinajstić information content (AvgIpc) is 2.58. The van der Waals surface area contributed by atoms with Gasteiger partial charge in [-0.1, -0.05) is 6.07 Å². The predicted molar refractivity (Wildman–Crippen MR) is 108 cm³/mol. The first kappa shape index (κ1) is 19.4. The Balaban J connectivity index is 0.00000208. The Morgan fingerprint density at radius 2 is 2.25 bits per heavy atom. The standard InChI is InChI=1S/C18H28N4O.HI/c1-15-6-3-9-20-16(15)12-21-17(19-2)22-10-4-7-18(13-22)8-5-11-23-14-18;/h3,6,9H,4-5,7-8,10-14H2,1-2H3,(H,19,21);1H. The summed E-state index contributed by atoms with van der Waals surface area (Å²) >= 11 is 0. The Bertz CT molecular complexity index is 552. The number of hydrogen-bond acceptors (Lipinski definition) is 3. The Labute approximate surface area is 162 Å². The van der Waals surface area contributed by atoms with E-state index in [4.69, 9.17) is 4.74 Å². The molecule has 2 fully saturated rings. The first-order valence-electron chi connectivity index (χ1n) is 8.66. The van der Waals surface area contributed by atoms with Crippen molar-refractivity contribution in [3.05, 3.63) is 29.6 Å². The highest BCUT2D eigenvalue weighted by Crippen LogP contribution is 2.37. The summed E-state index contributed by atoms with van der Waals surface area (Å²) in [4.78, 5) is 11.4. The minimum Gasteiger partial charge on any atom is -0.381 e. The maximum Gasteiger partial charge on any atom is 0.193 e. The SMILES string of the molecule is CN=C(NCc1ncccc1C)N1CCCC2(CCCOC2)C1.I. The van der Waals surface area contributed by atoms with E-state index >= 15 is 0 Å². The van der Waals surface area contributed by atoms with E-state index in [1.54, 1.807) is 0 Å². The molecule has 1 N–H and O–H groups in total. The summed E-state index contributed by atoms with van der Waals surface area (Å²) in [5.41, 5.74) is 2.63. The van der Waals surface area contributed by atoms with Crippen molar-refractivity contribution >= 4 is 29.9 Å². The zero-order valence-electron chi connectivity index (χ0n) is 14.8. The molecule has 0 saturated carbocycles. The summed E-state index contributed by atoms with van der Waals surface area (Å²) in [5, 5.41) is 3.49. The van der Waals surface area contributed by atoms with E-state index in [0.717, 1.165) is 44.5 Å². The molecule has 1 aromatic rings. The number of aliphatic imine (C=N–C) groups is 1. The van der Waals surface area contributed by atoms with Crippen LogP contribution < -0.4 is 5.32 Å². The largest absolute Gasteiger partial charge is 0.381 e. The minimum atomic E-state index is 0. The highest BCUT2D eigenvalue weighted by atomic mass is 127. The van der Waals surface area contributed by atoms with Crippen LogP contribution in [0.3, 0.4) is 0 Å². The molecular formula is C18H29IN4O. The van der Waals surface area contributed by atoms with Gasteiger partial charge in [0, 0.05) is 38.4 Å². The van der Waals surface area contributed by atoms with Crippen molar-refractivity contribution in [1.29, 1.82) is 0 Å². The molecule has 5 nitrogen and oxygen atoms in total. The molecule has 134 valence electrons. The summed E-state index contributed by atoms with van der Waals surface area (Å²) in [5.74, 6) is 0.986. The first-order chi connectivity index (χ1) is 11.2. The Morgan fingerprint density at radius 3 is 2.96 bits per heavy atom. The van der Waals surface area contributed by atoms with Gasteiger partial charge in [0.05, 0.1) is 18.8 Å². The lowest BCUT2D eigenvalue weighted by Gasteiger charge is -2.45. The van der Waals surface area contributed by atoms with Crippen LogP contribution in [0.25, 0.3) is 0 Å². The molecule has 3 heterocycles. The van der Waals surface area contributed by atoms with Crippen LogP contribution in [0.1, 0.15) is 36.9 Å². The van der Waals surface area contributed by atoms with Crippen molar-refractivity contribution in [2.45, 2.75) is 39.2 Å². The normalized spacial score (nSPS) is 24.6. The van der Waals surface area contributed by atoms with Gasteiger partial charge in [0.1, 0.15) is 0 Å². The number of nitrogens with zero attached hydrogens (tertiary/aromatic N) is 3. The molecule has 1 unspecified atom stereocenters. The Kier molecular flexibility index (Phi) is 7.28. The van der Waals surface area contributed by atoms with E-state index in [9.17, 15) is 0 Å². The molecule has 0 aromatic carbocycles. The van der Waals surface area contributed by atoms with Gasteiger partial charge in [-0.3, -0.25) is 9.98 Å². The predicted octanol–water partition coefficient (Wildman–Crippen LogP) is 2.98. The highest BCUT2D eigenvalue weighted by Gasteiger charge is 2.38. The number of guanidine groups is 1. The molecule has 6 heteroatoms. The first-order valence-corrected chi connectivity index (χ1v) is 8.66. The van der Waals surface area contributed by atoms with Crippen molar-refractivity contribution in [3.63, 3.8) is 0 Å². The molecule has 2 aliphatic heterocycles. The highest BCUT2D eigenvalue weighted by molar-refractivity contribution is 14.0. The number of aromatic nitrogens is 1. The molecule has 1 aromatic heterocycles. The second-order valence-corrected chi connectivity index (χ2v) is 6.85. The number of ether oxygens (including phenoxy) is 1. The molecule has 2 saturated heterocycles. The van der Waals surface area contributed by atoms with Crippen molar-refractivity contribution in [2.75, 3.05) is 33.4 Å². The van der Waals surface area contributed by atoms with Gasteiger partial charge in [0.15, 0.2) is 5.96 Å². The fourth-order valence-corrected chi connectivity index (χ4v) is 3.82. The molecule has 2 aliphatic rings. The van der Waals surface area contributed by atoms with Crippen molar-refractivity contribution in [3.8, 4) is 0 Å². The van der Waals surface area contributed by atoms with Gasteiger partial charge in [-0.2, -0.15) is 0 Å². The van der Waals surface area contributed by atoms with Gasteiger partial charge in [0.2, 0.25) is 0 Å². The lowest BCUT2D eigenvalue weighted by atomic mass is 9.76. The third-order valence-electron chi connectivity index (χ3n) is 5.11. The van der Waals surface area contributed by atoms with Gasteiger partial charge in [0.25, 0.3) is 0 Å². The maximum atomic E-state index is 5.77. The lowest BCUT2D eigenvalue weighted by molar-refractivity contribution is -0.0370. The third kappa shape index (κ3) is 4.59. The molecular weight excluding hydrogens is 415 g/mol. The third-order valence-corrected chi connectivity index (χ3v) is 5.11. The molecule has 3 rings (SSSR count). The lowest BCUT2D eigenvalue weighted by Crippen LogP contribution is -2.52. The fourth-order valence-electron chi connectivity index (χ4n) is 3.82. The number of rotatable bonds is 2. The van der Waals surface area contributed by atoms with Gasteiger partial charge in [-0.25, -0.2) is 0 Å². The van der Waals surface area contributed by atoms with Crippen LogP contribution in [0.15, 0.2) is 23.3 Å². The van der Waals surface area contributed by atoms with E-state index in [1.165, 1.54) is 31.2 Å². The zero-order valence-corrected chi connectivity index (χ0v) is 17.1. The van der Waals surface area contributed by atoms with E-state index in [1.807, 2.05) is 19.3 Å². The van der Waals surface area contributed by atoms with Crippen LogP contribution in [0.5, 0.6) is 0 Å². The van der Waals surface area contributed by atoms with Crippen molar-refractivity contribution < 1.29 is 4.74 Å². The number of likely N-dealkylation sites (tertiary alicyclic amines) is 1. The molecule has 1 spiro atoms. The van der Waals surface area contributed by atoms with Crippen LogP contribution in [0.4, 0.5) is 0 Å². The summed E-state index contributed by atoms with van der Waals surface area (Å²) in [6, 6.07) is 4.08. The van der Waals surface area contributed by atoms with Gasteiger partial charge in [-0.15, -0.1) is 24.0 Å². The summed E-state index contributed by atoms with van der Waals surface area (Å²) in [6.45, 7) is 6.77. The summed E-state index contributed by atoms with van der Waals surface area (Å²) < 4.78 is 5.77. The van der Waals surface area contributed by atoms with Crippen molar-refractivity contribution in [1.82, 2.24) is 15.2 Å². The van der Waals surface area contributed by atoms with Gasteiger partial charge < -0.3 is 15.0 Å². The quantitative estimate of drug-likeness (QED) is 0.433. The molecule has 1 atom stereocenters. The van der Waals surface area contributed by atoms with Crippen LogP contribution >= 0.6 is 24.0 Å².